The molecule has 1 aliphatic rings. The minimum atomic E-state index is -2.92. The van der Waals surface area contributed by atoms with Gasteiger partial charge in [-0.3, -0.25) is 18.2 Å². The summed E-state index contributed by atoms with van der Waals surface area (Å²) < 4.78 is 22.9. The van der Waals surface area contributed by atoms with Crippen molar-refractivity contribution in [2.75, 3.05) is 41.6 Å². The highest BCUT2D eigenvalue weighted by atomic mass is 32.3. The number of carbonyl (C=O) groups is 1. The maximum Gasteiger partial charge on any atom is 0.251 e. The number of anilines is 2. The molecule has 0 aliphatic carbocycles. The topological polar surface area (TPSA) is 117 Å². The molecule has 9 heteroatoms. The Bertz CT molecular complexity index is 960. The number of aliphatic hydroxyl groups excluding tert-OH is 1. The van der Waals surface area contributed by atoms with Gasteiger partial charge in [-0.2, -0.15) is 0 Å². The second-order valence-corrected chi connectivity index (χ2v) is 11.5. The molecule has 0 radical (unpaired) electrons. The van der Waals surface area contributed by atoms with E-state index in [9.17, 15) is 19.0 Å². The number of hydrogen-bond donors (Lipinski definition) is 6. The van der Waals surface area contributed by atoms with E-state index in [-0.39, 0.29) is 5.91 Å². The molecular formula is C27H42N4O4S. The van der Waals surface area contributed by atoms with Crippen molar-refractivity contribution in [3.63, 3.8) is 0 Å². The van der Waals surface area contributed by atoms with Crippen LogP contribution in [-0.2, 0) is 6.42 Å². The maximum absolute atomic E-state index is 13.5. The van der Waals surface area contributed by atoms with E-state index in [0.29, 0.717) is 43.1 Å². The first-order chi connectivity index (χ1) is 17.3. The van der Waals surface area contributed by atoms with Gasteiger partial charge in [0.25, 0.3) is 5.91 Å². The van der Waals surface area contributed by atoms with Gasteiger partial charge in [0.1, 0.15) is 0 Å². The molecule has 0 aromatic heterocycles. The third-order valence-corrected chi connectivity index (χ3v) is 8.31. The number of nitrogens with zero attached hydrogens (tertiary/aromatic N) is 1. The van der Waals surface area contributed by atoms with Gasteiger partial charge < -0.3 is 21.1 Å². The van der Waals surface area contributed by atoms with Crippen LogP contribution < -0.4 is 20.3 Å². The molecule has 3 rings (SSSR count). The lowest BCUT2D eigenvalue weighted by Crippen LogP contribution is -2.49. The minimum absolute atomic E-state index is 0.307. The van der Waals surface area contributed by atoms with E-state index in [4.69, 9.17) is 0 Å². The molecule has 2 atom stereocenters. The summed E-state index contributed by atoms with van der Waals surface area (Å²) in [4.78, 5) is 13.5. The van der Waals surface area contributed by atoms with Crippen molar-refractivity contribution in [3.05, 3.63) is 59.7 Å². The standard InChI is InChI=1S/C27H42N4O4S/c1-3-5-13-28-20-26(32)25(16-21-11-7-6-8-12-21)30-27(33)22-17-23(29-4-2)19-24(18-22)31-14-9-10-15-36(31,34)35/h6-8,11-12,17-19,25-26,28-29,32,34-35H,3-5,9-10,13-16,20H2,1-2H3,(H,30,33). The molecule has 0 spiro atoms. The average molecular weight is 519 g/mol. The zero-order valence-electron chi connectivity index (χ0n) is 21.4. The molecule has 2 aromatic rings. The van der Waals surface area contributed by atoms with Gasteiger partial charge in [0.2, 0.25) is 0 Å². The van der Waals surface area contributed by atoms with Crippen molar-refractivity contribution in [1.82, 2.24) is 10.6 Å². The molecule has 6 N–H and O–H groups in total. The first-order valence-electron chi connectivity index (χ1n) is 13.0. The predicted molar refractivity (Wildman–Crippen MR) is 150 cm³/mol. The summed E-state index contributed by atoms with van der Waals surface area (Å²) in [6.45, 7) is 6.48. The Morgan fingerprint density at radius 1 is 1.11 bits per heavy atom. The quantitative estimate of drug-likeness (QED) is 0.217. The van der Waals surface area contributed by atoms with Crippen LogP contribution in [0.25, 0.3) is 0 Å². The van der Waals surface area contributed by atoms with Gasteiger partial charge in [-0.25, -0.2) is 0 Å². The molecule has 200 valence electrons. The Hall–Kier alpha value is -2.30. The molecule has 1 fully saturated rings. The zero-order valence-corrected chi connectivity index (χ0v) is 22.3. The predicted octanol–water partition coefficient (Wildman–Crippen LogP) is 4.48. The van der Waals surface area contributed by atoms with Crippen LogP contribution >= 0.6 is 10.8 Å². The Morgan fingerprint density at radius 3 is 2.58 bits per heavy atom. The van der Waals surface area contributed by atoms with Gasteiger partial charge >= 0.3 is 0 Å². The Morgan fingerprint density at radius 2 is 1.89 bits per heavy atom. The van der Waals surface area contributed by atoms with Gasteiger partial charge in [-0.1, -0.05) is 43.7 Å². The second-order valence-electron chi connectivity index (χ2n) is 9.34. The van der Waals surface area contributed by atoms with Crippen molar-refractivity contribution < 1.29 is 19.0 Å². The lowest BCUT2D eigenvalue weighted by Gasteiger charge is -2.47. The van der Waals surface area contributed by atoms with Crippen LogP contribution in [0.15, 0.2) is 48.5 Å². The third-order valence-electron chi connectivity index (χ3n) is 6.37. The van der Waals surface area contributed by atoms with Crippen molar-refractivity contribution in [2.24, 2.45) is 0 Å². The van der Waals surface area contributed by atoms with Gasteiger partial charge in [-0.15, -0.1) is 10.8 Å². The van der Waals surface area contributed by atoms with Crippen LogP contribution in [0.4, 0.5) is 11.4 Å². The molecular weight excluding hydrogens is 476 g/mol. The van der Waals surface area contributed by atoms with Gasteiger partial charge in [-0.05, 0) is 62.9 Å². The number of aliphatic hydroxyl groups is 1. The molecule has 0 saturated carbocycles. The fraction of sp³-hybridized carbons (Fsp3) is 0.519. The Kier molecular flexibility index (Phi) is 10.9. The lowest BCUT2D eigenvalue weighted by molar-refractivity contribution is 0.0831. The Balaban J connectivity index is 1.83. The summed E-state index contributed by atoms with van der Waals surface area (Å²) in [6, 6.07) is 14.7. The highest BCUT2D eigenvalue weighted by Crippen LogP contribution is 2.50. The summed E-state index contributed by atoms with van der Waals surface area (Å²) in [5, 5.41) is 20.5. The minimum Gasteiger partial charge on any atom is -0.390 e. The van der Waals surface area contributed by atoms with E-state index in [0.717, 1.165) is 43.5 Å². The van der Waals surface area contributed by atoms with Crippen LogP contribution in [0.5, 0.6) is 0 Å². The highest BCUT2D eigenvalue weighted by molar-refractivity contribution is 8.25. The van der Waals surface area contributed by atoms with E-state index >= 15 is 0 Å². The van der Waals surface area contributed by atoms with Crippen molar-refractivity contribution >= 4 is 28.1 Å². The van der Waals surface area contributed by atoms with Crippen LogP contribution in [-0.4, -0.2) is 64.2 Å². The van der Waals surface area contributed by atoms with E-state index in [1.807, 2.05) is 43.3 Å². The number of rotatable bonds is 13. The highest BCUT2D eigenvalue weighted by Gasteiger charge is 2.28. The maximum atomic E-state index is 13.5. The molecule has 1 saturated heterocycles. The third kappa shape index (κ3) is 8.11. The van der Waals surface area contributed by atoms with Gasteiger partial charge in [0.15, 0.2) is 0 Å². The number of benzene rings is 2. The lowest BCUT2D eigenvalue weighted by atomic mass is 10.00. The molecule has 2 unspecified atom stereocenters. The van der Waals surface area contributed by atoms with Gasteiger partial charge in [0, 0.05) is 30.9 Å². The zero-order chi connectivity index (χ0) is 26.0. The molecule has 2 aromatic carbocycles. The first-order valence-corrected chi connectivity index (χ1v) is 14.7. The molecule has 36 heavy (non-hydrogen) atoms. The molecule has 1 aliphatic heterocycles. The first kappa shape index (κ1) is 28.3. The van der Waals surface area contributed by atoms with Crippen LogP contribution in [0.2, 0.25) is 0 Å². The smallest absolute Gasteiger partial charge is 0.251 e. The largest absolute Gasteiger partial charge is 0.390 e. The van der Waals surface area contributed by atoms with Crippen LogP contribution in [0.1, 0.15) is 55.5 Å². The summed E-state index contributed by atoms with van der Waals surface area (Å²) >= 11 is 0. The summed E-state index contributed by atoms with van der Waals surface area (Å²) in [5.74, 6) is 0.0223. The summed E-state index contributed by atoms with van der Waals surface area (Å²) in [6.07, 6.45) is 3.45. The summed E-state index contributed by atoms with van der Waals surface area (Å²) in [7, 11) is -2.92. The SMILES string of the molecule is CCCCNCC(O)C(Cc1ccccc1)NC(=O)c1cc(NCC)cc(N2CCCCS2(O)O)c1. The Labute approximate surface area is 217 Å². The van der Waals surface area contributed by atoms with Crippen molar-refractivity contribution in [2.45, 2.75) is 58.1 Å². The van der Waals surface area contributed by atoms with Gasteiger partial charge in [0.05, 0.1) is 23.6 Å². The fourth-order valence-electron chi connectivity index (χ4n) is 4.39. The van der Waals surface area contributed by atoms with Crippen molar-refractivity contribution in [3.8, 4) is 0 Å². The molecule has 0 bridgehead atoms. The molecule has 8 nitrogen and oxygen atoms in total. The van der Waals surface area contributed by atoms with Crippen molar-refractivity contribution in [1.29, 1.82) is 0 Å². The second kappa shape index (κ2) is 13.9. The van der Waals surface area contributed by atoms with E-state index in [1.54, 1.807) is 16.4 Å². The molecule has 1 heterocycles. The number of unbranched alkanes of at least 4 members (excludes halogenated alkanes) is 1. The molecule has 1 amide bonds. The normalized spacial score (nSPS) is 17.8. The van der Waals surface area contributed by atoms with E-state index in [1.165, 1.54) is 0 Å². The van der Waals surface area contributed by atoms with Crippen LogP contribution in [0, 0.1) is 0 Å². The number of carbonyl (C=O) groups excluding carboxylic acids is 1. The average Bonchev–Trinajstić information content (AvgIpc) is 2.86. The number of nitrogens with one attached hydrogen (secondary N) is 3. The van der Waals surface area contributed by atoms with Crippen LogP contribution in [0.3, 0.4) is 0 Å². The van der Waals surface area contributed by atoms with E-state index < -0.39 is 22.9 Å². The number of hydrogen-bond acceptors (Lipinski definition) is 7. The fourth-order valence-corrected chi connectivity index (χ4v) is 6.07. The monoisotopic (exact) mass is 518 g/mol. The summed E-state index contributed by atoms with van der Waals surface area (Å²) in [5.41, 5.74) is 2.79. The number of amides is 1. The van der Waals surface area contributed by atoms with E-state index in [2.05, 4.69) is 22.9 Å².